The number of carbonyl (C=O) groups is 2. The lowest BCUT2D eigenvalue weighted by molar-refractivity contribution is -0.130. The maximum absolute atomic E-state index is 12.2. The summed E-state index contributed by atoms with van der Waals surface area (Å²) in [6, 6.07) is 19.6. The van der Waals surface area contributed by atoms with E-state index in [-0.39, 0.29) is 11.8 Å². The monoisotopic (exact) mass is 549 g/mol. The zero-order valence-corrected chi connectivity index (χ0v) is 23.3. The Balaban J connectivity index is 0.000000617. The highest BCUT2D eigenvalue weighted by molar-refractivity contribution is 6.31. The zero-order valence-electron chi connectivity index (χ0n) is 22.6. The molecule has 2 amide bonds. The molecule has 0 saturated carbocycles. The van der Waals surface area contributed by atoms with Crippen LogP contribution in [0.15, 0.2) is 73.1 Å². The number of nitrogens with zero attached hydrogens (tertiary/aromatic N) is 3. The first kappa shape index (κ1) is 29.6. The molecule has 4 rings (SSSR count). The molecule has 0 aliphatic heterocycles. The minimum atomic E-state index is -0.215. The molecule has 0 bridgehead atoms. The van der Waals surface area contributed by atoms with E-state index in [0.717, 1.165) is 27.9 Å². The summed E-state index contributed by atoms with van der Waals surface area (Å²) in [5.41, 5.74) is 10.2. The van der Waals surface area contributed by atoms with Crippen LogP contribution in [0.5, 0.6) is 0 Å². The number of likely N-dealkylation sites (N-methyl/N-ethyl adjacent to an activating group) is 2. The lowest BCUT2D eigenvalue weighted by Gasteiger charge is -2.21. The quantitative estimate of drug-likeness (QED) is 0.238. The van der Waals surface area contributed by atoms with Gasteiger partial charge in [0, 0.05) is 55.6 Å². The molecule has 206 valence electrons. The Kier molecular flexibility index (Phi) is 11.3. The van der Waals surface area contributed by atoms with Crippen molar-refractivity contribution in [3.05, 3.63) is 89.3 Å². The first-order valence-electron chi connectivity index (χ1n) is 12.8. The van der Waals surface area contributed by atoms with Crippen molar-refractivity contribution in [2.75, 3.05) is 40.3 Å². The number of aromatic nitrogens is 3. The fraction of sp³-hybridized carbons (Fsp3) is 0.276. The summed E-state index contributed by atoms with van der Waals surface area (Å²) in [5, 5.41) is 10.5. The van der Waals surface area contributed by atoms with E-state index in [9.17, 15) is 9.59 Å². The third-order valence-electron chi connectivity index (χ3n) is 6.06. The van der Waals surface area contributed by atoms with Gasteiger partial charge in [-0.3, -0.25) is 19.6 Å². The van der Waals surface area contributed by atoms with E-state index in [4.69, 9.17) is 17.3 Å². The molecule has 0 radical (unpaired) electrons. The van der Waals surface area contributed by atoms with Crippen LogP contribution in [0, 0.1) is 0 Å². The van der Waals surface area contributed by atoms with Gasteiger partial charge in [-0.2, -0.15) is 5.10 Å². The highest BCUT2D eigenvalue weighted by Crippen LogP contribution is 2.33. The zero-order chi connectivity index (χ0) is 28.2. The first-order chi connectivity index (χ1) is 18.8. The number of nitrogens with one attached hydrogen (secondary N) is 3. The summed E-state index contributed by atoms with van der Waals surface area (Å²) in [5.74, 6) is -0.147. The molecule has 0 spiro atoms. The molecule has 2 heterocycles. The largest absolute Gasteiger partial charge is 0.357 e. The van der Waals surface area contributed by atoms with Crippen molar-refractivity contribution in [1.29, 1.82) is 0 Å². The van der Waals surface area contributed by atoms with Gasteiger partial charge in [0.05, 0.1) is 18.4 Å². The first-order valence-corrected chi connectivity index (χ1v) is 13.1. The molecule has 9 nitrogen and oxygen atoms in total. The van der Waals surface area contributed by atoms with E-state index in [1.54, 1.807) is 30.4 Å². The Bertz CT molecular complexity index is 1310. The third kappa shape index (κ3) is 8.54. The number of carbonyl (C=O) groups excluding carboxylic acids is 2. The Morgan fingerprint density at radius 3 is 2.36 bits per heavy atom. The number of hydrogen-bond donors (Lipinski definition) is 4. The third-order valence-corrected chi connectivity index (χ3v) is 6.41. The highest BCUT2D eigenvalue weighted by Gasteiger charge is 2.16. The fourth-order valence-corrected chi connectivity index (χ4v) is 4.02. The van der Waals surface area contributed by atoms with Gasteiger partial charge >= 0.3 is 0 Å². The molecule has 39 heavy (non-hydrogen) atoms. The molecule has 0 aliphatic carbocycles. The van der Waals surface area contributed by atoms with Gasteiger partial charge in [0.25, 0.3) is 5.91 Å². The molecule has 0 saturated heterocycles. The predicted molar refractivity (Wildman–Crippen MR) is 156 cm³/mol. The highest BCUT2D eigenvalue weighted by atomic mass is 35.5. The number of hydrogen-bond acceptors (Lipinski definition) is 5. The molecule has 2 aromatic heterocycles. The van der Waals surface area contributed by atoms with Crippen molar-refractivity contribution in [1.82, 2.24) is 30.3 Å². The lowest BCUT2D eigenvalue weighted by atomic mass is 10.0. The van der Waals surface area contributed by atoms with Gasteiger partial charge in [-0.15, -0.1) is 0 Å². The molecule has 4 aromatic rings. The normalized spacial score (nSPS) is 10.6. The van der Waals surface area contributed by atoms with E-state index < -0.39 is 0 Å². The second kappa shape index (κ2) is 14.9. The van der Waals surface area contributed by atoms with Crippen molar-refractivity contribution in [3.8, 4) is 22.4 Å². The van der Waals surface area contributed by atoms with Crippen LogP contribution in [0.25, 0.3) is 22.4 Å². The van der Waals surface area contributed by atoms with Gasteiger partial charge in [0.1, 0.15) is 5.69 Å². The smallest absolute Gasteiger partial charge is 0.267 e. The SMILES string of the molecule is CCN(C)C(=O)CN(C)Cc1ccc(-c2cn[nH]c2-c2c[nH]c(C(=O)NCCN)c2)cc1Cl.c1ccccc1. The summed E-state index contributed by atoms with van der Waals surface area (Å²) < 4.78 is 0. The maximum Gasteiger partial charge on any atom is 0.267 e. The van der Waals surface area contributed by atoms with Crippen LogP contribution in [-0.4, -0.2) is 77.1 Å². The van der Waals surface area contributed by atoms with Crippen LogP contribution in [0.4, 0.5) is 0 Å². The Labute approximate surface area is 234 Å². The molecule has 0 atom stereocenters. The van der Waals surface area contributed by atoms with E-state index in [1.165, 1.54) is 0 Å². The van der Waals surface area contributed by atoms with E-state index in [1.807, 2.05) is 73.5 Å². The number of amides is 2. The number of rotatable bonds is 10. The fourth-order valence-electron chi connectivity index (χ4n) is 3.78. The van der Waals surface area contributed by atoms with Crippen molar-refractivity contribution >= 4 is 23.4 Å². The number of benzene rings is 2. The molecule has 0 aliphatic rings. The van der Waals surface area contributed by atoms with Gasteiger partial charge in [-0.1, -0.05) is 60.1 Å². The van der Waals surface area contributed by atoms with Crippen LogP contribution in [0.2, 0.25) is 5.02 Å². The second-order valence-corrected chi connectivity index (χ2v) is 9.45. The maximum atomic E-state index is 12.2. The van der Waals surface area contributed by atoms with Gasteiger partial charge in [-0.25, -0.2) is 0 Å². The van der Waals surface area contributed by atoms with Gasteiger partial charge in [0.2, 0.25) is 5.91 Å². The minimum absolute atomic E-state index is 0.0679. The summed E-state index contributed by atoms with van der Waals surface area (Å²) in [7, 11) is 3.69. The van der Waals surface area contributed by atoms with Crippen molar-refractivity contribution in [2.24, 2.45) is 5.73 Å². The predicted octanol–water partition coefficient (Wildman–Crippen LogP) is 4.01. The number of halogens is 1. The molecule has 2 aromatic carbocycles. The van der Waals surface area contributed by atoms with Crippen LogP contribution >= 0.6 is 11.6 Å². The summed E-state index contributed by atoms with van der Waals surface area (Å²) in [6.45, 7) is 4.29. The number of nitrogens with two attached hydrogens (primary N) is 1. The molecular weight excluding hydrogens is 514 g/mol. The number of H-pyrrole nitrogens is 2. The van der Waals surface area contributed by atoms with Gasteiger partial charge in [-0.05, 0) is 37.2 Å². The molecule has 5 N–H and O–H groups in total. The Morgan fingerprint density at radius 2 is 1.74 bits per heavy atom. The van der Waals surface area contributed by atoms with Crippen LogP contribution in [-0.2, 0) is 11.3 Å². The van der Waals surface area contributed by atoms with Crippen molar-refractivity contribution in [2.45, 2.75) is 13.5 Å². The second-order valence-electron chi connectivity index (χ2n) is 9.05. The van der Waals surface area contributed by atoms with Crippen LogP contribution < -0.4 is 11.1 Å². The standard InChI is InChI=1S/C23H30ClN7O2.C6H6/c1-4-31(3)21(32)14-30(2)13-16-6-5-15(9-19(16)24)18-12-28-29-22(18)17-10-20(27-11-17)23(33)26-8-7-25;1-2-4-6-5-3-1/h5-6,9-12,27H,4,7-8,13-14,25H2,1-3H3,(H,26,33)(H,28,29);1-6H. The molecule has 10 heteroatoms. The van der Waals surface area contributed by atoms with Crippen LogP contribution in [0.1, 0.15) is 23.0 Å². The van der Waals surface area contributed by atoms with E-state index >= 15 is 0 Å². The minimum Gasteiger partial charge on any atom is -0.357 e. The molecule has 0 fully saturated rings. The molecule has 0 unspecified atom stereocenters. The van der Waals surface area contributed by atoms with Gasteiger partial charge < -0.3 is 20.9 Å². The summed E-state index contributed by atoms with van der Waals surface area (Å²) in [4.78, 5) is 30.9. The van der Waals surface area contributed by atoms with Crippen molar-refractivity contribution in [3.63, 3.8) is 0 Å². The molecular formula is C29H36ClN7O2. The van der Waals surface area contributed by atoms with Crippen molar-refractivity contribution < 1.29 is 9.59 Å². The average molecular weight is 550 g/mol. The lowest BCUT2D eigenvalue weighted by Crippen LogP contribution is -2.36. The average Bonchev–Trinajstić information content (AvgIpc) is 3.64. The van der Waals surface area contributed by atoms with E-state index in [0.29, 0.717) is 43.4 Å². The Morgan fingerprint density at radius 1 is 1.05 bits per heavy atom. The number of aromatic amines is 2. The topological polar surface area (TPSA) is 123 Å². The van der Waals surface area contributed by atoms with E-state index in [2.05, 4.69) is 20.5 Å². The summed E-state index contributed by atoms with van der Waals surface area (Å²) in [6.07, 6.45) is 3.48. The Hall–Kier alpha value is -3.92. The van der Waals surface area contributed by atoms with Gasteiger partial charge in [0.15, 0.2) is 0 Å². The van der Waals surface area contributed by atoms with Crippen LogP contribution in [0.3, 0.4) is 0 Å². The summed E-state index contributed by atoms with van der Waals surface area (Å²) >= 11 is 6.59.